The number of nitriles is 1. The molecule has 2 N–H and O–H groups in total. The molecule has 0 radical (unpaired) electrons. The van der Waals surface area contributed by atoms with Crippen LogP contribution in [0.25, 0.3) is 0 Å². The minimum Gasteiger partial charge on any atom is -0.493 e. The summed E-state index contributed by atoms with van der Waals surface area (Å²) in [4.78, 5) is 10.3. The Morgan fingerprint density at radius 3 is 2.79 bits per heavy atom. The van der Waals surface area contributed by atoms with Crippen molar-refractivity contribution in [3.8, 4) is 23.3 Å². The third-order valence-electron chi connectivity index (χ3n) is 3.43. The van der Waals surface area contributed by atoms with Crippen LogP contribution >= 0.6 is 0 Å². The summed E-state index contributed by atoms with van der Waals surface area (Å²) in [6, 6.07) is 10.6. The van der Waals surface area contributed by atoms with Crippen LogP contribution in [0.3, 0.4) is 0 Å². The van der Waals surface area contributed by atoms with Gasteiger partial charge in [-0.25, -0.2) is 5.43 Å². The fourth-order valence-corrected chi connectivity index (χ4v) is 2.15. The fraction of sp³-hybridized carbons (Fsp3) is 0.0625. The number of hydrazone groups is 1. The molecule has 0 saturated heterocycles. The first kappa shape index (κ1) is 18.3. The van der Waals surface area contributed by atoms with E-state index in [0.29, 0.717) is 17.1 Å². The molecule has 1 aromatic heterocycles. The quantitative estimate of drug-likeness (QED) is 0.355. The third-order valence-corrected chi connectivity index (χ3v) is 3.43. The van der Waals surface area contributed by atoms with Gasteiger partial charge in [0.1, 0.15) is 17.4 Å². The van der Waals surface area contributed by atoms with Gasteiger partial charge >= 0.3 is 0 Å². The van der Waals surface area contributed by atoms with Crippen molar-refractivity contribution < 1.29 is 14.4 Å². The Hall–Kier alpha value is -4.53. The summed E-state index contributed by atoms with van der Waals surface area (Å²) >= 11 is 0. The van der Waals surface area contributed by atoms with Gasteiger partial charge in [0, 0.05) is 12.1 Å². The topological polar surface area (TPSA) is 164 Å². The number of anilines is 1. The predicted molar refractivity (Wildman–Crippen MR) is 96.3 cm³/mol. The highest BCUT2D eigenvalue weighted by molar-refractivity contribution is 5.81. The van der Waals surface area contributed by atoms with Gasteiger partial charge in [0.2, 0.25) is 0 Å². The molecule has 0 spiro atoms. The van der Waals surface area contributed by atoms with E-state index in [-0.39, 0.29) is 22.9 Å². The van der Waals surface area contributed by atoms with E-state index in [0.717, 1.165) is 6.07 Å². The molecule has 0 aliphatic carbocycles. The Morgan fingerprint density at radius 2 is 2.11 bits per heavy atom. The highest BCUT2D eigenvalue weighted by Gasteiger charge is 2.14. The highest BCUT2D eigenvalue weighted by atomic mass is 16.6. The molecule has 2 aromatic carbocycles. The van der Waals surface area contributed by atoms with E-state index in [9.17, 15) is 15.4 Å². The van der Waals surface area contributed by atoms with E-state index in [2.05, 4.69) is 31.2 Å². The van der Waals surface area contributed by atoms with Gasteiger partial charge in [0.25, 0.3) is 11.6 Å². The van der Waals surface area contributed by atoms with Crippen molar-refractivity contribution in [3.63, 3.8) is 0 Å². The maximum absolute atomic E-state index is 10.8. The molecule has 0 aliphatic rings. The van der Waals surface area contributed by atoms with Gasteiger partial charge in [-0.1, -0.05) is 5.10 Å². The van der Waals surface area contributed by atoms with Gasteiger partial charge in [-0.2, -0.15) is 15.6 Å². The summed E-state index contributed by atoms with van der Waals surface area (Å²) < 4.78 is 11.0. The number of nitrogens with one attached hydrogen (secondary N) is 2. The Kier molecular flexibility index (Phi) is 5.37. The zero-order valence-corrected chi connectivity index (χ0v) is 14.4. The molecule has 12 heteroatoms. The van der Waals surface area contributed by atoms with Gasteiger partial charge in [-0.3, -0.25) is 10.1 Å². The molecule has 0 atom stereocenters. The summed E-state index contributed by atoms with van der Waals surface area (Å²) in [5, 5.41) is 37.1. The van der Waals surface area contributed by atoms with Crippen LogP contribution in [0, 0.1) is 21.4 Å². The molecular formula is C16H12N8O4. The number of nitro benzene ring substituents is 1. The lowest BCUT2D eigenvalue weighted by atomic mass is 10.2. The van der Waals surface area contributed by atoms with Crippen molar-refractivity contribution in [2.45, 2.75) is 0 Å². The lowest BCUT2D eigenvalue weighted by Crippen LogP contribution is -1.96. The average Bonchev–Trinajstić information content (AvgIpc) is 3.22. The summed E-state index contributed by atoms with van der Waals surface area (Å²) in [6.45, 7) is 0. The number of aromatic nitrogens is 4. The highest BCUT2D eigenvalue weighted by Crippen LogP contribution is 2.34. The zero-order valence-electron chi connectivity index (χ0n) is 14.4. The number of rotatable bonds is 7. The van der Waals surface area contributed by atoms with Crippen molar-refractivity contribution in [2.24, 2.45) is 5.10 Å². The summed E-state index contributed by atoms with van der Waals surface area (Å²) in [5.74, 6) is 1.10. The molecule has 0 bridgehead atoms. The summed E-state index contributed by atoms with van der Waals surface area (Å²) in [5.41, 5.74) is 3.11. The van der Waals surface area contributed by atoms with Crippen LogP contribution in [0.15, 0.2) is 41.5 Å². The number of hydrogen-bond acceptors (Lipinski definition) is 10. The number of aromatic amines is 1. The van der Waals surface area contributed by atoms with Gasteiger partial charge in [-0.05, 0) is 35.0 Å². The largest absolute Gasteiger partial charge is 0.493 e. The Labute approximate surface area is 157 Å². The van der Waals surface area contributed by atoms with Crippen LogP contribution in [0.2, 0.25) is 0 Å². The maximum atomic E-state index is 10.8. The van der Waals surface area contributed by atoms with E-state index < -0.39 is 4.92 Å². The number of ether oxygens (including phenoxy) is 2. The van der Waals surface area contributed by atoms with Gasteiger partial charge in [0.15, 0.2) is 11.5 Å². The number of benzene rings is 2. The summed E-state index contributed by atoms with van der Waals surface area (Å²) in [6.07, 6.45) is 1.51. The molecular weight excluding hydrogens is 368 g/mol. The van der Waals surface area contributed by atoms with Crippen LogP contribution in [0.1, 0.15) is 11.1 Å². The third kappa shape index (κ3) is 4.17. The van der Waals surface area contributed by atoms with E-state index in [1.54, 1.807) is 18.2 Å². The van der Waals surface area contributed by atoms with Crippen molar-refractivity contribution in [2.75, 3.05) is 12.5 Å². The lowest BCUT2D eigenvalue weighted by molar-refractivity contribution is -0.384. The molecule has 0 unspecified atom stereocenters. The number of nitrogens with zero attached hydrogens (tertiary/aromatic N) is 6. The van der Waals surface area contributed by atoms with Crippen LogP contribution < -0.4 is 14.9 Å². The van der Waals surface area contributed by atoms with Crippen molar-refractivity contribution in [1.29, 1.82) is 5.26 Å². The van der Waals surface area contributed by atoms with Crippen molar-refractivity contribution >= 4 is 17.9 Å². The average molecular weight is 380 g/mol. The number of methoxy groups -OCH3 is 1. The predicted octanol–water partition coefficient (Wildman–Crippen LogP) is 2.23. The Bertz CT molecular complexity index is 1060. The van der Waals surface area contributed by atoms with E-state index in [4.69, 9.17) is 9.47 Å². The molecule has 140 valence electrons. The smallest absolute Gasteiger partial charge is 0.283 e. The van der Waals surface area contributed by atoms with Crippen LogP contribution in [0.4, 0.5) is 11.6 Å². The van der Waals surface area contributed by atoms with Gasteiger partial charge in [0.05, 0.1) is 18.2 Å². The number of nitro groups is 1. The second kappa shape index (κ2) is 8.23. The molecule has 0 amide bonds. The number of non-ortho nitro benzene ring substituents is 1. The standard InChI is InChI=1S/C16H12N8O4/c1-27-15-6-10(9-18-19-16-20-22-23-21-16)2-4-14(15)28-13-5-3-12(24(25)26)7-11(13)8-17/h2-7,9H,1H3,(H2,19,20,21,22,23)/b18-9+. The molecule has 0 aliphatic heterocycles. The molecule has 3 rings (SSSR count). The van der Waals surface area contributed by atoms with Crippen LogP contribution in [0.5, 0.6) is 17.2 Å². The van der Waals surface area contributed by atoms with E-state index in [1.807, 2.05) is 6.07 Å². The molecule has 3 aromatic rings. The first-order valence-electron chi connectivity index (χ1n) is 7.67. The normalized spacial score (nSPS) is 10.4. The second-order valence-electron chi connectivity index (χ2n) is 5.17. The molecule has 28 heavy (non-hydrogen) atoms. The number of tetrazole rings is 1. The first-order valence-corrected chi connectivity index (χ1v) is 7.67. The van der Waals surface area contributed by atoms with E-state index >= 15 is 0 Å². The minimum absolute atomic E-state index is 0.0335. The molecule has 0 fully saturated rings. The second-order valence-corrected chi connectivity index (χ2v) is 5.17. The van der Waals surface area contributed by atoms with Crippen LogP contribution in [-0.2, 0) is 0 Å². The zero-order chi connectivity index (χ0) is 19.9. The van der Waals surface area contributed by atoms with Gasteiger partial charge in [-0.15, -0.1) is 5.10 Å². The number of hydrogen-bond donors (Lipinski definition) is 2. The number of H-pyrrole nitrogens is 1. The minimum atomic E-state index is -0.581. The van der Waals surface area contributed by atoms with Crippen LogP contribution in [-0.4, -0.2) is 38.9 Å². The molecule has 12 nitrogen and oxygen atoms in total. The molecule has 0 saturated carbocycles. The Morgan fingerprint density at radius 1 is 1.29 bits per heavy atom. The monoisotopic (exact) mass is 380 g/mol. The van der Waals surface area contributed by atoms with Gasteiger partial charge < -0.3 is 9.47 Å². The van der Waals surface area contributed by atoms with E-state index in [1.165, 1.54) is 25.5 Å². The first-order chi connectivity index (χ1) is 13.6. The van der Waals surface area contributed by atoms with Crippen molar-refractivity contribution in [3.05, 3.63) is 57.6 Å². The van der Waals surface area contributed by atoms with Crippen molar-refractivity contribution in [1.82, 2.24) is 20.6 Å². The lowest BCUT2D eigenvalue weighted by Gasteiger charge is -2.11. The fourth-order valence-electron chi connectivity index (χ4n) is 2.15. The SMILES string of the molecule is COc1cc(/C=N/Nc2nn[nH]n2)ccc1Oc1ccc([N+](=O)[O-])cc1C#N. The maximum Gasteiger partial charge on any atom is 0.283 e. The molecule has 1 heterocycles. The summed E-state index contributed by atoms with van der Waals surface area (Å²) in [7, 11) is 1.46. The Balaban J connectivity index is 1.80.